The van der Waals surface area contributed by atoms with Gasteiger partial charge in [-0.25, -0.2) is 8.78 Å². The smallest absolute Gasteiger partial charge is 0.229 e. The Hall–Kier alpha value is -2.57. The molecular weight excluding hydrogens is 338 g/mol. The Morgan fingerprint density at radius 3 is 2.16 bits per heavy atom. The molecule has 0 atom stereocenters. The van der Waals surface area contributed by atoms with Gasteiger partial charge in [0.2, 0.25) is 17.5 Å². The van der Waals surface area contributed by atoms with Crippen molar-refractivity contribution in [2.45, 2.75) is 20.4 Å². The van der Waals surface area contributed by atoms with E-state index in [9.17, 15) is 22.4 Å². The van der Waals surface area contributed by atoms with Crippen LogP contribution in [0.3, 0.4) is 0 Å². The molecule has 0 saturated heterocycles. The predicted molar refractivity (Wildman–Crippen MR) is 83.8 cm³/mol. The summed E-state index contributed by atoms with van der Waals surface area (Å²) >= 11 is 0. The Balaban J connectivity index is 2.03. The van der Waals surface area contributed by atoms with Crippen LogP contribution in [-0.2, 0) is 11.3 Å². The van der Waals surface area contributed by atoms with Crippen LogP contribution < -0.4 is 10.1 Å². The molecule has 0 fully saturated rings. The average molecular weight is 355 g/mol. The van der Waals surface area contributed by atoms with Gasteiger partial charge in [-0.15, -0.1) is 0 Å². The third kappa shape index (κ3) is 4.49. The van der Waals surface area contributed by atoms with Crippen LogP contribution in [0.4, 0.5) is 17.6 Å². The fraction of sp³-hybridized carbons (Fsp3) is 0.278. The predicted octanol–water partition coefficient (Wildman–Crippen LogP) is 3.96. The maximum atomic E-state index is 13.6. The highest BCUT2D eigenvalue weighted by molar-refractivity contribution is 5.81. The van der Waals surface area contributed by atoms with Gasteiger partial charge in [0.1, 0.15) is 6.61 Å². The highest BCUT2D eigenvalue weighted by Gasteiger charge is 2.30. The highest BCUT2D eigenvalue weighted by Crippen LogP contribution is 2.28. The fourth-order valence-corrected chi connectivity index (χ4v) is 2.01. The molecule has 2 aromatic carbocycles. The molecule has 2 aromatic rings. The summed E-state index contributed by atoms with van der Waals surface area (Å²) in [6.07, 6.45) is 0. The lowest BCUT2D eigenvalue weighted by Crippen LogP contribution is -2.40. The molecule has 0 aromatic heterocycles. The second-order valence-electron chi connectivity index (χ2n) is 6.14. The molecule has 0 saturated carbocycles. The molecule has 0 aliphatic rings. The number of halogens is 4. The van der Waals surface area contributed by atoms with Crippen LogP contribution in [0.1, 0.15) is 19.4 Å². The van der Waals surface area contributed by atoms with E-state index >= 15 is 0 Å². The molecule has 25 heavy (non-hydrogen) atoms. The van der Waals surface area contributed by atoms with E-state index < -0.39 is 46.9 Å². The number of amides is 1. The number of nitrogens with one attached hydrogen (secondary N) is 1. The van der Waals surface area contributed by atoms with Gasteiger partial charge in [0, 0.05) is 12.6 Å². The molecular formula is C18H17F4NO2. The van der Waals surface area contributed by atoms with Crippen molar-refractivity contribution in [2.75, 3.05) is 6.61 Å². The number of hydrogen-bond donors (Lipinski definition) is 1. The second kappa shape index (κ2) is 7.55. The molecule has 0 spiro atoms. The summed E-state index contributed by atoms with van der Waals surface area (Å²) in [5.41, 5.74) is -0.312. The van der Waals surface area contributed by atoms with E-state index in [1.165, 1.54) is 13.8 Å². The number of carbonyl (C=O) groups excluding carboxylic acids is 1. The van der Waals surface area contributed by atoms with E-state index in [-0.39, 0.29) is 12.6 Å². The number of carbonyl (C=O) groups is 1. The lowest BCUT2D eigenvalue weighted by atomic mass is 9.93. The van der Waals surface area contributed by atoms with E-state index in [0.717, 1.165) is 5.56 Å². The van der Waals surface area contributed by atoms with Crippen molar-refractivity contribution in [2.24, 2.45) is 5.41 Å². The summed E-state index contributed by atoms with van der Waals surface area (Å²) in [6, 6.07) is 9.22. The van der Waals surface area contributed by atoms with Gasteiger partial charge < -0.3 is 10.1 Å². The fourth-order valence-electron chi connectivity index (χ4n) is 2.01. The Morgan fingerprint density at radius 1 is 1.04 bits per heavy atom. The van der Waals surface area contributed by atoms with Crippen molar-refractivity contribution in [3.8, 4) is 5.75 Å². The van der Waals surface area contributed by atoms with Crippen LogP contribution in [-0.4, -0.2) is 12.5 Å². The van der Waals surface area contributed by atoms with E-state index in [0.29, 0.717) is 0 Å². The molecule has 1 amide bonds. The third-order valence-electron chi connectivity index (χ3n) is 3.56. The Kier molecular flexibility index (Phi) is 5.66. The van der Waals surface area contributed by atoms with Gasteiger partial charge in [-0.1, -0.05) is 30.3 Å². The second-order valence-corrected chi connectivity index (χ2v) is 6.14. The van der Waals surface area contributed by atoms with Crippen LogP contribution in [0.15, 0.2) is 36.4 Å². The summed E-state index contributed by atoms with van der Waals surface area (Å²) < 4.78 is 58.4. The first-order valence-corrected chi connectivity index (χ1v) is 7.50. The molecule has 0 aliphatic carbocycles. The molecule has 7 heteroatoms. The number of hydrogen-bond acceptors (Lipinski definition) is 2. The number of ether oxygens (including phenoxy) is 1. The summed E-state index contributed by atoms with van der Waals surface area (Å²) in [7, 11) is 0. The van der Waals surface area contributed by atoms with Gasteiger partial charge in [0.25, 0.3) is 0 Å². The Morgan fingerprint density at radius 2 is 1.60 bits per heavy atom. The Bertz CT molecular complexity index is 737. The molecule has 0 unspecified atom stereocenters. The van der Waals surface area contributed by atoms with Gasteiger partial charge in [-0.2, -0.15) is 8.78 Å². The Labute approximate surface area is 142 Å². The molecule has 0 bridgehead atoms. The minimum Gasteiger partial charge on any atom is -0.486 e. The van der Waals surface area contributed by atoms with Crippen LogP contribution in [0.5, 0.6) is 5.75 Å². The minimum absolute atomic E-state index is 0.0925. The first-order chi connectivity index (χ1) is 11.7. The van der Waals surface area contributed by atoms with Gasteiger partial charge in [-0.3, -0.25) is 4.79 Å². The van der Waals surface area contributed by atoms with Crippen LogP contribution in [0.2, 0.25) is 0 Å². The standard InChI is InChI=1S/C18H17F4NO2/c1-18(2,17(24)23-9-11-6-4-3-5-7-11)10-25-16-14(21)12(19)8-13(20)15(16)22/h3-8H,9-10H2,1-2H3,(H,23,24). The maximum absolute atomic E-state index is 13.6. The lowest BCUT2D eigenvalue weighted by Gasteiger charge is -2.24. The van der Waals surface area contributed by atoms with E-state index in [4.69, 9.17) is 4.74 Å². The van der Waals surface area contributed by atoms with E-state index in [1.54, 1.807) is 0 Å². The van der Waals surface area contributed by atoms with Gasteiger partial charge in [0.15, 0.2) is 17.4 Å². The van der Waals surface area contributed by atoms with Crippen LogP contribution >= 0.6 is 0 Å². The first-order valence-electron chi connectivity index (χ1n) is 7.50. The van der Waals surface area contributed by atoms with E-state index in [2.05, 4.69) is 5.32 Å². The third-order valence-corrected chi connectivity index (χ3v) is 3.56. The number of benzene rings is 2. The van der Waals surface area contributed by atoms with Gasteiger partial charge >= 0.3 is 0 Å². The molecule has 3 nitrogen and oxygen atoms in total. The largest absolute Gasteiger partial charge is 0.486 e. The molecule has 2 rings (SSSR count). The first kappa shape index (κ1) is 18.8. The molecule has 134 valence electrons. The van der Waals surface area contributed by atoms with Crippen molar-refractivity contribution >= 4 is 5.91 Å². The van der Waals surface area contributed by atoms with Crippen molar-refractivity contribution < 1.29 is 27.1 Å². The summed E-state index contributed by atoms with van der Waals surface area (Å²) in [4.78, 5) is 12.2. The topological polar surface area (TPSA) is 38.3 Å². The highest BCUT2D eigenvalue weighted by atomic mass is 19.2. The minimum atomic E-state index is -1.64. The normalized spacial score (nSPS) is 11.3. The summed E-state index contributed by atoms with van der Waals surface area (Å²) in [6.45, 7) is 2.77. The SMILES string of the molecule is CC(C)(COc1c(F)c(F)cc(F)c1F)C(=O)NCc1ccccc1. The quantitative estimate of drug-likeness (QED) is 0.629. The maximum Gasteiger partial charge on any atom is 0.229 e. The molecule has 0 radical (unpaired) electrons. The van der Waals surface area contributed by atoms with Crippen molar-refractivity contribution in [1.82, 2.24) is 5.32 Å². The van der Waals surface area contributed by atoms with Gasteiger partial charge in [0.05, 0.1) is 5.41 Å². The molecule has 0 heterocycles. The van der Waals surface area contributed by atoms with Gasteiger partial charge in [-0.05, 0) is 19.4 Å². The summed E-state index contributed by atoms with van der Waals surface area (Å²) in [5.74, 6) is -8.03. The number of rotatable bonds is 6. The molecule has 0 aliphatic heterocycles. The lowest BCUT2D eigenvalue weighted by molar-refractivity contribution is -0.131. The van der Waals surface area contributed by atoms with Crippen molar-refractivity contribution in [3.05, 3.63) is 65.2 Å². The monoisotopic (exact) mass is 355 g/mol. The van der Waals surface area contributed by atoms with Crippen molar-refractivity contribution in [3.63, 3.8) is 0 Å². The molecule has 1 N–H and O–H groups in total. The van der Waals surface area contributed by atoms with E-state index in [1.807, 2.05) is 30.3 Å². The zero-order valence-electron chi connectivity index (χ0n) is 13.7. The van der Waals surface area contributed by atoms with Crippen molar-refractivity contribution in [1.29, 1.82) is 0 Å². The van der Waals surface area contributed by atoms with Crippen LogP contribution in [0.25, 0.3) is 0 Å². The zero-order chi connectivity index (χ0) is 18.6. The summed E-state index contributed by atoms with van der Waals surface area (Å²) in [5, 5.41) is 2.67. The van der Waals surface area contributed by atoms with Crippen LogP contribution in [0, 0.1) is 28.7 Å². The average Bonchev–Trinajstić information content (AvgIpc) is 2.58. The zero-order valence-corrected chi connectivity index (χ0v) is 13.7.